The van der Waals surface area contributed by atoms with Gasteiger partial charge in [0.15, 0.2) is 5.82 Å². The summed E-state index contributed by atoms with van der Waals surface area (Å²) in [5.41, 5.74) is 0.773. The van der Waals surface area contributed by atoms with Crippen molar-refractivity contribution in [3.63, 3.8) is 0 Å². The molecule has 2 aromatic rings. The van der Waals surface area contributed by atoms with Gasteiger partial charge in [-0.15, -0.1) is 10.2 Å². The Kier molecular flexibility index (Phi) is 4.27. The van der Waals surface area contributed by atoms with E-state index in [-0.39, 0.29) is 5.16 Å². The summed E-state index contributed by atoms with van der Waals surface area (Å²) in [5.74, 6) is 0.480. The Balaban J connectivity index is 2.66. The zero-order valence-electron chi connectivity index (χ0n) is 10.0. The van der Waals surface area contributed by atoms with Crippen LogP contribution in [0.1, 0.15) is 13.3 Å². The summed E-state index contributed by atoms with van der Waals surface area (Å²) in [6, 6.07) is 7.41. The second kappa shape index (κ2) is 5.60. The van der Waals surface area contributed by atoms with Crippen LogP contribution in [-0.4, -0.2) is 23.2 Å². The van der Waals surface area contributed by atoms with E-state index in [1.54, 1.807) is 0 Å². The predicted molar refractivity (Wildman–Crippen MR) is 76.5 cm³/mol. The molecule has 1 aromatic heterocycles. The van der Waals surface area contributed by atoms with Crippen LogP contribution in [0.25, 0.3) is 11.4 Å². The Labute approximate surface area is 124 Å². The molecule has 0 aliphatic carbocycles. The van der Waals surface area contributed by atoms with Gasteiger partial charge in [-0.2, -0.15) is 0 Å². The molecule has 0 radical (unpaired) electrons. The SMILES string of the molecule is CCCn1c(-c2ccccc2Br)nnc1S(=O)(=O)Cl. The second-order valence-electron chi connectivity index (χ2n) is 3.88. The van der Waals surface area contributed by atoms with E-state index in [4.69, 9.17) is 10.7 Å². The van der Waals surface area contributed by atoms with Crippen molar-refractivity contribution < 1.29 is 8.42 Å². The number of nitrogens with zero attached hydrogens (tertiary/aromatic N) is 3. The van der Waals surface area contributed by atoms with E-state index < -0.39 is 9.05 Å². The van der Waals surface area contributed by atoms with Crippen molar-refractivity contribution in [3.05, 3.63) is 28.7 Å². The number of rotatable bonds is 4. The van der Waals surface area contributed by atoms with Crippen molar-refractivity contribution in [1.82, 2.24) is 14.8 Å². The molecular formula is C11H11BrClN3O2S. The Morgan fingerprint density at radius 3 is 2.58 bits per heavy atom. The van der Waals surface area contributed by atoms with Crippen LogP contribution < -0.4 is 0 Å². The van der Waals surface area contributed by atoms with Crippen molar-refractivity contribution in [2.24, 2.45) is 0 Å². The van der Waals surface area contributed by atoms with E-state index in [1.165, 1.54) is 4.57 Å². The van der Waals surface area contributed by atoms with Gasteiger partial charge in [-0.25, -0.2) is 8.42 Å². The first-order valence-electron chi connectivity index (χ1n) is 5.58. The highest BCUT2D eigenvalue weighted by molar-refractivity contribution is 9.10. The number of benzene rings is 1. The van der Waals surface area contributed by atoms with Gasteiger partial charge in [0, 0.05) is 27.3 Å². The summed E-state index contributed by atoms with van der Waals surface area (Å²) >= 11 is 3.41. The number of hydrogen-bond donors (Lipinski definition) is 0. The summed E-state index contributed by atoms with van der Waals surface area (Å²) in [4.78, 5) is 0. The molecule has 102 valence electrons. The van der Waals surface area contributed by atoms with Crippen LogP contribution in [0, 0.1) is 0 Å². The van der Waals surface area contributed by atoms with Gasteiger partial charge in [0.05, 0.1) is 0 Å². The van der Waals surface area contributed by atoms with Crippen LogP contribution >= 0.6 is 26.6 Å². The summed E-state index contributed by atoms with van der Waals surface area (Å²) in [5, 5.41) is 7.43. The molecule has 0 bridgehead atoms. The average Bonchev–Trinajstić information content (AvgIpc) is 2.74. The largest absolute Gasteiger partial charge is 0.297 e. The van der Waals surface area contributed by atoms with Gasteiger partial charge < -0.3 is 0 Å². The molecule has 0 atom stereocenters. The van der Waals surface area contributed by atoms with E-state index in [0.717, 1.165) is 16.5 Å². The standard InChI is InChI=1S/C11H11BrClN3O2S/c1-2-7-16-10(8-5-3-4-6-9(8)12)14-15-11(16)19(13,17)18/h3-6H,2,7H2,1H3. The lowest BCUT2D eigenvalue weighted by atomic mass is 10.2. The maximum Gasteiger partial charge on any atom is 0.296 e. The minimum Gasteiger partial charge on any atom is -0.297 e. The number of halogens is 2. The van der Waals surface area contributed by atoms with E-state index >= 15 is 0 Å². The Morgan fingerprint density at radius 1 is 1.32 bits per heavy atom. The Morgan fingerprint density at radius 2 is 2.00 bits per heavy atom. The monoisotopic (exact) mass is 363 g/mol. The molecule has 2 rings (SSSR count). The van der Waals surface area contributed by atoms with Crippen molar-refractivity contribution in [2.75, 3.05) is 0 Å². The van der Waals surface area contributed by atoms with Crippen LogP contribution in [0.2, 0.25) is 0 Å². The fourth-order valence-electron chi connectivity index (χ4n) is 1.74. The van der Waals surface area contributed by atoms with Gasteiger partial charge in [0.1, 0.15) is 0 Å². The highest BCUT2D eigenvalue weighted by Crippen LogP contribution is 2.28. The molecule has 8 heteroatoms. The topological polar surface area (TPSA) is 64.8 Å². The second-order valence-corrected chi connectivity index (χ2v) is 7.19. The molecular weight excluding hydrogens is 354 g/mol. The minimum absolute atomic E-state index is 0.221. The molecule has 0 amide bonds. The van der Waals surface area contributed by atoms with Gasteiger partial charge in [-0.05, 0) is 12.5 Å². The quantitative estimate of drug-likeness (QED) is 0.782. The molecule has 0 N–H and O–H groups in total. The lowest BCUT2D eigenvalue weighted by molar-refractivity contribution is 0.570. The van der Waals surface area contributed by atoms with Crippen LogP contribution in [0.3, 0.4) is 0 Å². The zero-order chi connectivity index (χ0) is 14.0. The molecule has 0 saturated heterocycles. The molecule has 0 saturated carbocycles. The maximum absolute atomic E-state index is 11.5. The normalized spacial score (nSPS) is 11.7. The molecule has 1 aromatic carbocycles. The van der Waals surface area contributed by atoms with Crippen molar-refractivity contribution in [1.29, 1.82) is 0 Å². The number of aromatic nitrogens is 3. The summed E-state index contributed by atoms with van der Waals surface area (Å²) in [7, 11) is 1.47. The van der Waals surface area contributed by atoms with E-state index in [9.17, 15) is 8.42 Å². The van der Waals surface area contributed by atoms with Crippen LogP contribution in [0.5, 0.6) is 0 Å². The third kappa shape index (κ3) is 2.98. The third-order valence-corrected chi connectivity index (χ3v) is 4.34. The lowest BCUT2D eigenvalue weighted by Gasteiger charge is -2.08. The van der Waals surface area contributed by atoms with Crippen LogP contribution in [0.4, 0.5) is 0 Å². The first kappa shape index (κ1) is 14.5. The van der Waals surface area contributed by atoms with Gasteiger partial charge in [-0.1, -0.05) is 41.1 Å². The van der Waals surface area contributed by atoms with E-state index in [1.807, 2.05) is 31.2 Å². The molecule has 5 nitrogen and oxygen atoms in total. The van der Waals surface area contributed by atoms with Crippen LogP contribution in [0.15, 0.2) is 33.9 Å². The highest BCUT2D eigenvalue weighted by atomic mass is 79.9. The summed E-state index contributed by atoms with van der Waals surface area (Å²) in [6.45, 7) is 2.42. The van der Waals surface area contributed by atoms with Gasteiger partial charge >= 0.3 is 0 Å². The summed E-state index contributed by atoms with van der Waals surface area (Å²) < 4.78 is 25.3. The zero-order valence-corrected chi connectivity index (χ0v) is 13.2. The highest BCUT2D eigenvalue weighted by Gasteiger charge is 2.23. The lowest BCUT2D eigenvalue weighted by Crippen LogP contribution is -2.07. The minimum atomic E-state index is -3.91. The predicted octanol–water partition coefficient (Wildman–Crippen LogP) is 3.05. The number of hydrogen-bond acceptors (Lipinski definition) is 4. The molecule has 0 aliphatic rings. The van der Waals surface area contributed by atoms with Crippen LogP contribution in [-0.2, 0) is 15.6 Å². The molecule has 0 fully saturated rings. The maximum atomic E-state index is 11.5. The van der Waals surface area contributed by atoms with Gasteiger partial charge in [0.2, 0.25) is 0 Å². The Hall–Kier alpha value is -0.920. The van der Waals surface area contributed by atoms with E-state index in [0.29, 0.717) is 12.4 Å². The smallest absolute Gasteiger partial charge is 0.296 e. The molecule has 19 heavy (non-hydrogen) atoms. The molecule has 0 aliphatic heterocycles. The van der Waals surface area contributed by atoms with Crippen molar-refractivity contribution in [2.45, 2.75) is 25.0 Å². The Bertz CT molecular complexity index is 700. The van der Waals surface area contributed by atoms with E-state index in [2.05, 4.69) is 26.1 Å². The molecule has 0 spiro atoms. The van der Waals surface area contributed by atoms with Crippen molar-refractivity contribution in [3.8, 4) is 11.4 Å². The summed E-state index contributed by atoms with van der Waals surface area (Å²) in [6.07, 6.45) is 0.745. The average molecular weight is 365 g/mol. The van der Waals surface area contributed by atoms with Gasteiger partial charge in [-0.3, -0.25) is 4.57 Å². The molecule has 0 unspecified atom stereocenters. The third-order valence-electron chi connectivity index (χ3n) is 2.50. The van der Waals surface area contributed by atoms with Crippen molar-refractivity contribution >= 4 is 35.7 Å². The first-order valence-corrected chi connectivity index (χ1v) is 8.68. The fourth-order valence-corrected chi connectivity index (χ4v) is 3.12. The first-order chi connectivity index (χ1) is 8.95. The molecule has 1 heterocycles. The fraction of sp³-hybridized carbons (Fsp3) is 0.273. The van der Waals surface area contributed by atoms with Gasteiger partial charge in [0.25, 0.3) is 14.2 Å².